The number of hydrogen-bond donors (Lipinski definition) is 1. The predicted molar refractivity (Wildman–Crippen MR) is 78.4 cm³/mol. The van der Waals surface area contributed by atoms with Crippen molar-refractivity contribution in [2.45, 2.75) is 32.8 Å². The lowest BCUT2D eigenvalue weighted by molar-refractivity contribution is -0.287. The Labute approximate surface area is 133 Å². The van der Waals surface area contributed by atoms with Crippen LogP contribution in [0, 0.1) is 5.92 Å². The van der Waals surface area contributed by atoms with Crippen LogP contribution in [-0.4, -0.2) is 42.6 Å². The third-order valence-corrected chi connectivity index (χ3v) is 4.21. The van der Waals surface area contributed by atoms with E-state index in [4.69, 9.17) is 4.74 Å². The maximum Gasteiger partial charge on any atom is 0.586 e. The summed E-state index contributed by atoms with van der Waals surface area (Å²) in [5.41, 5.74) is 0.947. The van der Waals surface area contributed by atoms with E-state index in [9.17, 15) is 13.9 Å². The summed E-state index contributed by atoms with van der Waals surface area (Å²) >= 11 is 0. The Kier molecular flexibility index (Phi) is 4.70. The molecule has 0 aromatic heterocycles. The van der Waals surface area contributed by atoms with Crippen molar-refractivity contribution < 1.29 is 28.1 Å². The number of nitrogens with zero attached hydrogens (tertiary/aromatic N) is 1. The first-order chi connectivity index (χ1) is 11.0. The molecule has 2 aliphatic heterocycles. The number of alkyl halides is 2. The lowest BCUT2D eigenvalue weighted by Gasteiger charge is -2.17. The van der Waals surface area contributed by atoms with E-state index in [2.05, 4.69) is 14.4 Å². The number of aliphatic hydroxyl groups is 1. The molecule has 1 aromatic carbocycles. The largest absolute Gasteiger partial charge is 0.586 e. The van der Waals surface area contributed by atoms with Crippen LogP contribution in [0.2, 0.25) is 0 Å². The second kappa shape index (κ2) is 6.59. The summed E-state index contributed by atoms with van der Waals surface area (Å²) < 4.78 is 41.4. The standard InChI is InChI=1S/C16H21F2NO4/c1-2-21-10-11-5-6-19(7-11)8-12-3-4-13(9-20)15-14(12)22-16(17,18)23-15/h3-4,11,20H,2,5-10H2,1H3. The van der Waals surface area contributed by atoms with Crippen molar-refractivity contribution in [3.63, 3.8) is 0 Å². The van der Waals surface area contributed by atoms with Gasteiger partial charge in [0.15, 0.2) is 11.5 Å². The van der Waals surface area contributed by atoms with Gasteiger partial charge in [-0.1, -0.05) is 12.1 Å². The van der Waals surface area contributed by atoms with Crippen LogP contribution in [0.25, 0.3) is 0 Å². The van der Waals surface area contributed by atoms with Crippen molar-refractivity contribution in [1.29, 1.82) is 0 Å². The minimum Gasteiger partial charge on any atom is -0.395 e. The number of halogens is 2. The SMILES string of the molecule is CCOCC1CCN(Cc2ccc(CO)c3c2OC(F)(F)O3)C1. The van der Waals surface area contributed by atoms with Crippen LogP contribution >= 0.6 is 0 Å². The first-order valence-corrected chi connectivity index (χ1v) is 7.84. The third kappa shape index (κ3) is 3.57. The Bertz CT molecular complexity index is 567. The zero-order valence-electron chi connectivity index (χ0n) is 13.1. The number of fused-ring (bicyclic) bond motifs is 1. The molecule has 1 saturated heterocycles. The molecule has 2 aliphatic rings. The van der Waals surface area contributed by atoms with Gasteiger partial charge in [0.1, 0.15) is 0 Å². The van der Waals surface area contributed by atoms with Crippen LogP contribution in [0.3, 0.4) is 0 Å². The number of likely N-dealkylation sites (tertiary alicyclic amines) is 1. The molecule has 2 heterocycles. The van der Waals surface area contributed by atoms with Crippen LogP contribution in [0.1, 0.15) is 24.5 Å². The van der Waals surface area contributed by atoms with Gasteiger partial charge in [-0.15, -0.1) is 8.78 Å². The molecule has 1 fully saturated rings. The molecule has 5 nitrogen and oxygen atoms in total. The van der Waals surface area contributed by atoms with Gasteiger partial charge in [0.25, 0.3) is 0 Å². The molecule has 1 unspecified atom stereocenters. The highest BCUT2D eigenvalue weighted by molar-refractivity contribution is 5.53. The molecule has 23 heavy (non-hydrogen) atoms. The monoisotopic (exact) mass is 329 g/mol. The van der Waals surface area contributed by atoms with E-state index in [-0.39, 0.29) is 18.1 Å². The van der Waals surface area contributed by atoms with Crippen LogP contribution in [0.15, 0.2) is 12.1 Å². The van der Waals surface area contributed by atoms with Crippen LogP contribution in [-0.2, 0) is 17.9 Å². The van der Waals surface area contributed by atoms with Crippen LogP contribution in [0.5, 0.6) is 11.5 Å². The van der Waals surface area contributed by atoms with Crippen molar-refractivity contribution in [3.05, 3.63) is 23.3 Å². The minimum absolute atomic E-state index is 0.0369. The van der Waals surface area contributed by atoms with Crippen molar-refractivity contribution in [2.24, 2.45) is 5.92 Å². The molecule has 0 radical (unpaired) electrons. The smallest absolute Gasteiger partial charge is 0.395 e. The average molecular weight is 329 g/mol. The van der Waals surface area contributed by atoms with Crippen LogP contribution in [0.4, 0.5) is 8.78 Å². The van der Waals surface area contributed by atoms with Gasteiger partial charge in [0.2, 0.25) is 0 Å². The lowest BCUT2D eigenvalue weighted by atomic mass is 10.1. The number of aliphatic hydroxyl groups excluding tert-OH is 1. The number of rotatable bonds is 6. The summed E-state index contributed by atoms with van der Waals surface area (Å²) in [6, 6.07) is 3.32. The van der Waals surface area contributed by atoms with E-state index in [0.29, 0.717) is 30.2 Å². The Hall–Kier alpha value is -1.44. The fourth-order valence-corrected chi connectivity index (χ4v) is 3.09. The topological polar surface area (TPSA) is 51.2 Å². The molecule has 128 valence electrons. The molecular weight excluding hydrogens is 308 g/mol. The van der Waals surface area contributed by atoms with Gasteiger partial charge in [0, 0.05) is 30.8 Å². The fraction of sp³-hybridized carbons (Fsp3) is 0.625. The zero-order valence-corrected chi connectivity index (χ0v) is 13.1. The summed E-state index contributed by atoms with van der Waals surface area (Å²) in [6.45, 7) is 5.30. The first-order valence-electron chi connectivity index (χ1n) is 7.84. The Morgan fingerprint density at radius 1 is 1.30 bits per heavy atom. The summed E-state index contributed by atoms with van der Waals surface area (Å²) in [5, 5.41) is 9.26. The average Bonchev–Trinajstić information content (AvgIpc) is 3.08. The summed E-state index contributed by atoms with van der Waals surface area (Å²) in [4.78, 5) is 2.19. The van der Waals surface area contributed by atoms with Gasteiger partial charge in [0.05, 0.1) is 13.2 Å². The number of ether oxygens (including phenoxy) is 3. The molecular formula is C16H21F2NO4. The van der Waals surface area contributed by atoms with E-state index in [1.54, 1.807) is 12.1 Å². The highest BCUT2D eigenvalue weighted by Gasteiger charge is 2.45. The molecule has 0 spiro atoms. The number of benzene rings is 1. The molecule has 0 amide bonds. The zero-order chi connectivity index (χ0) is 16.4. The van der Waals surface area contributed by atoms with E-state index in [1.165, 1.54) is 0 Å². The minimum atomic E-state index is -3.68. The van der Waals surface area contributed by atoms with Gasteiger partial charge >= 0.3 is 6.29 Å². The summed E-state index contributed by atoms with van der Waals surface area (Å²) in [7, 11) is 0. The second-order valence-electron chi connectivity index (χ2n) is 5.92. The Balaban J connectivity index is 1.72. The quantitative estimate of drug-likeness (QED) is 0.868. The molecule has 1 atom stereocenters. The van der Waals surface area contributed by atoms with E-state index in [1.807, 2.05) is 6.92 Å². The van der Waals surface area contributed by atoms with Gasteiger partial charge in [-0.3, -0.25) is 4.90 Å². The van der Waals surface area contributed by atoms with E-state index < -0.39 is 6.29 Å². The van der Waals surface area contributed by atoms with Gasteiger partial charge in [-0.05, 0) is 25.8 Å². The lowest BCUT2D eigenvalue weighted by Crippen LogP contribution is -2.26. The normalized spacial score (nSPS) is 22.7. The Morgan fingerprint density at radius 2 is 2.00 bits per heavy atom. The molecule has 7 heteroatoms. The van der Waals surface area contributed by atoms with Gasteiger partial charge in [-0.2, -0.15) is 0 Å². The van der Waals surface area contributed by atoms with Gasteiger partial charge < -0.3 is 19.3 Å². The van der Waals surface area contributed by atoms with Crippen molar-refractivity contribution in [3.8, 4) is 11.5 Å². The molecule has 0 saturated carbocycles. The third-order valence-electron chi connectivity index (χ3n) is 4.21. The maximum absolute atomic E-state index is 13.4. The van der Waals surface area contributed by atoms with Crippen molar-refractivity contribution >= 4 is 0 Å². The summed E-state index contributed by atoms with van der Waals surface area (Å²) in [5.74, 6) is 0.452. The fourth-order valence-electron chi connectivity index (χ4n) is 3.09. The summed E-state index contributed by atoms with van der Waals surface area (Å²) in [6.07, 6.45) is -2.64. The Morgan fingerprint density at radius 3 is 2.70 bits per heavy atom. The molecule has 0 aliphatic carbocycles. The predicted octanol–water partition coefficient (Wildman–Crippen LogP) is 2.36. The van der Waals surface area contributed by atoms with Gasteiger partial charge in [-0.25, -0.2) is 0 Å². The highest BCUT2D eigenvalue weighted by atomic mass is 19.3. The molecule has 0 bridgehead atoms. The molecule has 3 rings (SSSR count). The number of hydrogen-bond acceptors (Lipinski definition) is 5. The highest BCUT2D eigenvalue weighted by Crippen LogP contribution is 2.46. The van der Waals surface area contributed by atoms with Crippen LogP contribution < -0.4 is 9.47 Å². The van der Waals surface area contributed by atoms with E-state index in [0.717, 1.165) is 26.1 Å². The molecule has 1 aromatic rings. The van der Waals surface area contributed by atoms with E-state index >= 15 is 0 Å². The maximum atomic E-state index is 13.4. The second-order valence-corrected chi connectivity index (χ2v) is 5.92. The first kappa shape index (κ1) is 16.4. The van der Waals surface area contributed by atoms with Crippen molar-refractivity contribution in [1.82, 2.24) is 4.90 Å². The van der Waals surface area contributed by atoms with Crippen molar-refractivity contribution in [2.75, 3.05) is 26.3 Å². The molecule has 1 N–H and O–H groups in total.